The van der Waals surface area contributed by atoms with E-state index in [1.54, 1.807) is 12.7 Å². The van der Waals surface area contributed by atoms with Gasteiger partial charge in [0.1, 0.15) is 5.75 Å². The highest BCUT2D eigenvalue weighted by Crippen LogP contribution is 2.62. The Balaban J connectivity index is 1.75. The van der Waals surface area contributed by atoms with Crippen molar-refractivity contribution in [2.24, 2.45) is 17.3 Å². The Hall–Kier alpha value is -1.50. The van der Waals surface area contributed by atoms with Gasteiger partial charge in [-0.1, -0.05) is 31.7 Å². The smallest absolute Gasteiger partial charge is 0.126 e. The minimum absolute atomic E-state index is 0.407. The molecule has 122 valence electrons. The molecule has 0 amide bonds. The lowest BCUT2D eigenvalue weighted by atomic mass is 9.55. The molecule has 2 saturated carbocycles. The van der Waals surface area contributed by atoms with Crippen LogP contribution in [-0.2, 0) is 6.42 Å². The Morgan fingerprint density at radius 1 is 1.22 bits per heavy atom. The Kier molecular flexibility index (Phi) is 3.44. The van der Waals surface area contributed by atoms with E-state index in [0.29, 0.717) is 5.41 Å². The van der Waals surface area contributed by atoms with Crippen LogP contribution in [0.2, 0.25) is 0 Å². The summed E-state index contributed by atoms with van der Waals surface area (Å²) < 4.78 is 5.62. The van der Waals surface area contributed by atoms with Crippen LogP contribution in [0.1, 0.15) is 61.6 Å². The molecule has 4 atom stereocenters. The van der Waals surface area contributed by atoms with Gasteiger partial charge in [-0.15, -0.1) is 0 Å². The molecule has 1 aromatic rings. The lowest BCUT2D eigenvalue weighted by molar-refractivity contribution is 0.0816. The molecular formula is C22H28O. The van der Waals surface area contributed by atoms with Crippen LogP contribution in [0.3, 0.4) is 0 Å². The molecule has 4 rings (SSSR count). The highest BCUT2D eigenvalue weighted by atomic mass is 16.5. The van der Waals surface area contributed by atoms with Crippen molar-refractivity contribution < 1.29 is 4.74 Å². The summed E-state index contributed by atoms with van der Waals surface area (Å²) >= 11 is 0. The number of ether oxygens (including phenoxy) is 1. The minimum Gasteiger partial charge on any atom is -0.496 e. The molecule has 0 spiro atoms. The number of fused-ring (bicyclic) bond motifs is 5. The Bertz CT molecular complexity index is 671. The number of allylic oxidation sites excluding steroid dienone is 1. The van der Waals surface area contributed by atoms with E-state index >= 15 is 0 Å². The van der Waals surface area contributed by atoms with Crippen molar-refractivity contribution >= 4 is 6.08 Å². The van der Waals surface area contributed by atoms with Crippen molar-refractivity contribution in [2.45, 2.75) is 51.4 Å². The third-order valence-corrected chi connectivity index (χ3v) is 7.25. The number of benzene rings is 1. The van der Waals surface area contributed by atoms with Crippen molar-refractivity contribution in [1.29, 1.82) is 0 Å². The second-order valence-electron chi connectivity index (χ2n) is 8.01. The monoisotopic (exact) mass is 308 g/mol. The third-order valence-electron chi connectivity index (χ3n) is 7.25. The Morgan fingerprint density at radius 3 is 2.78 bits per heavy atom. The van der Waals surface area contributed by atoms with Crippen molar-refractivity contribution in [3.63, 3.8) is 0 Å². The zero-order valence-corrected chi connectivity index (χ0v) is 14.5. The molecule has 23 heavy (non-hydrogen) atoms. The summed E-state index contributed by atoms with van der Waals surface area (Å²) in [6.45, 7) is 10.8. The molecule has 0 N–H and O–H groups in total. The standard InChI is InChI=1S/C22H28O/c1-5-15-12-16-7-8-18-17(19(16)13-21(15)23-4)10-11-22(3)14(2)6-9-20(18)22/h5,12-13,17-18,20H,1-2,6-11H2,3-4H3. The molecule has 2 fully saturated rings. The van der Waals surface area contributed by atoms with E-state index in [-0.39, 0.29) is 0 Å². The first kappa shape index (κ1) is 15.1. The molecule has 0 heterocycles. The fraction of sp³-hybridized carbons (Fsp3) is 0.545. The lowest BCUT2D eigenvalue weighted by Crippen LogP contribution is -2.40. The van der Waals surface area contributed by atoms with E-state index in [4.69, 9.17) is 4.74 Å². The van der Waals surface area contributed by atoms with Gasteiger partial charge in [-0.3, -0.25) is 0 Å². The van der Waals surface area contributed by atoms with Gasteiger partial charge in [0, 0.05) is 5.56 Å². The lowest BCUT2D eigenvalue weighted by Gasteiger charge is -2.49. The highest BCUT2D eigenvalue weighted by Gasteiger charge is 2.51. The van der Waals surface area contributed by atoms with Gasteiger partial charge >= 0.3 is 0 Å². The van der Waals surface area contributed by atoms with Gasteiger partial charge in [-0.25, -0.2) is 0 Å². The SMILES string of the molecule is C=Cc1cc2c(cc1OC)C1CCC3(C)C(=C)CCC3C1CC2. The summed E-state index contributed by atoms with van der Waals surface area (Å²) in [6, 6.07) is 4.63. The molecule has 3 aliphatic rings. The van der Waals surface area contributed by atoms with Gasteiger partial charge in [-0.05, 0) is 85.0 Å². The predicted octanol–water partition coefficient (Wildman–Crippen LogP) is 5.75. The maximum atomic E-state index is 5.62. The molecule has 1 heteroatoms. The molecule has 0 aliphatic heterocycles. The third kappa shape index (κ3) is 2.05. The summed E-state index contributed by atoms with van der Waals surface area (Å²) in [5, 5.41) is 0. The van der Waals surface area contributed by atoms with Crippen molar-refractivity contribution in [3.05, 3.63) is 47.6 Å². The zero-order chi connectivity index (χ0) is 16.2. The predicted molar refractivity (Wildman–Crippen MR) is 96.8 cm³/mol. The summed E-state index contributed by atoms with van der Waals surface area (Å²) in [6.07, 6.45) is 9.69. The molecule has 0 bridgehead atoms. The second kappa shape index (κ2) is 5.26. The van der Waals surface area contributed by atoms with Gasteiger partial charge < -0.3 is 4.74 Å². The van der Waals surface area contributed by atoms with Crippen molar-refractivity contribution in [1.82, 2.24) is 0 Å². The summed E-state index contributed by atoms with van der Waals surface area (Å²) in [5.74, 6) is 3.38. The van der Waals surface area contributed by atoms with E-state index in [1.807, 2.05) is 6.08 Å². The Morgan fingerprint density at radius 2 is 2.04 bits per heavy atom. The molecule has 0 radical (unpaired) electrons. The number of methoxy groups -OCH3 is 1. The minimum atomic E-state index is 0.407. The maximum Gasteiger partial charge on any atom is 0.126 e. The van der Waals surface area contributed by atoms with Crippen LogP contribution >= 0.6 is 0 Å². The van der Waals surface area contributed by atoms with Crippen LogP contribution in [0.25, 0.3) is 6.08 Å². The number of aryl methyl sites for hydroxylation is 1. The summed E-state index contributed by atoms with van der Waals surface area (Å²) in [5.41, 5.74) is 6.15. The van der Waals surface area contributed by atoms with Crippen LogP contribution in [0.4, 0.5) is 0 Å². The summed E-state index contributed by atoms with van der Waals surface area (Å²) in [4.78, 5) is 0. The van der Waals surface area contributed by atoms with Crippen LogP contribution in [0, 0.1) is 17.3 Å². The first-order chi connectivity index (χ1) is 11.1. The van der Waals surface area contributed by atoms with Gasteiger partial charge in [0.05, 0.1) is 7.11 Å². The van der Waals surface area contributed by atoms with Gasteiger partial charge in [0.25, 0.3) is 0 Å². The van der Waals surface area contributed by atoms with Crippen LogP contribution in [0.5, 0.6) is 5.75 Å². The van der Waals surface area contributed by atoms with Crippen LogP contribution in [-0.4, -0.2) is 7.11 Å². The first-order valence-corrected chi connectivity index (χ1v) is 9.10. The average molecular weight is 308 g/mol. The maximum absolute atomic E-state index is 5.62. The molecule has 0 aromatic heterocycles. The van der Waals surface area contributed by atoms with E-state index in [9.17, 15) is 0 Å². The molecule has 4 unspecified atom stereocenters. The first-order valence-electron chi connectivity index (χ1n) is 9.10. The summed E-state index contributed by atoms with van der Waals surface area (Å²) in [7, 11) is 1.77. The topological polar surface area (TPSA) is 9.23 Å². The van der Waals surface area contributed by atoms with Crippen molar-refractivity contribution in [2.75, 3.05) is 7.11 Å². The van der Waals surface area contributed by atoms with Crippen LogP contribution in [0.15, 0.2) is 30.9 Å². The second-order valence-corrected chi connectivity index (χ2v) is 8.01. The molecule has 1 nitrogen and oxygen atoms in total. The van der Waals surface area contributed by atoms with E-state index in [0.717, 1.165) is 29.1 Å². The number of hydrogen-bond acceptors (Lipinski definition) is 1. The van der Waals surface area contributed by atoms with E-state index < -0.39 is 0 Å². The van der Waals surface area contributed by atoms with Crippen molar-refractivity contribution in [3.8, 4) is 5.75 Å². The van der Waals surface area contributed by atoms with Gasteiger partial charge in [0.2, 0.25) is 0 Å². The number of rotatable bonds is 2. The van der Waals surface area contributed by atoms with Gasteiger partial charge in [0.15, 0.2) is 0 Å². The zero-order valence-electron chi connectivity index (χ0n) is 14.5. The molecule has 1 aromatic carbocycles. The fourth-order valence-corrected chi connectivity index (χ4v) is 5.86. The molecule has 0 saturated heterocycles. The molecule has 3 aliphatic carbocycles. The Labute approximate surface area is 140 Å². The normalized spacial score (nSPS) is 35.2. The average Bonchev–Trinajstić information content (AvgIpc) is 2.88. The van der Waals surface area contributed by atoms with E-state index in [2.05, 4.69) is 32.2 Å². The quantitative estimate of drug-likeness (QED) is 0.632. The number of hydrogen-bond donors (Lipinski definition) is 0. The molecular weight excluding hydrogens is 280 g/mol. The highest BCUT2D eigenvalue weighted by molar-refractivity contribution is 5.59. The van der Waals surface area contributed by atoms with Gasteiger partial charge in [-0.2, -0.15) is 0 Å². The van der Waals surface area contributed by atoms with Crippen LogP contribution < -0.4 is 4.74 Å². The fourth-order valence-electron chi connectivity index (χ4n) is 5.86. The van der Waals surface area contributed by atoms with E-state index in [1.165, 1.54) is 49.7 Å². The largest absolute Gasteiger partial charge is 0.496 e.